The van der Waals surface area contributed by atoms with Crippen molar-refractivity contribution < 1.29 is 0 Å². The third-order valence-electron chi connectivity index (χ3n) is 5.24. The molecular formula is C22H36N6. The first-order valence-electron chi connectivity index (χ1n) is 10.0. The Morgan fingerprint density at radius 3 is 1.39 bits per heavy atom. The van der Waals surface area contributed by atoms with Gasteiger partial charge in [0.25, 0.3) is 0 Å². The molecular weight excluding hydrogens is 348 g/mol. The maximum Gasteiger partial charge on any atom is 0.179 e. The first-order valence-corrected chi connectivity index (χ1v) is 10.0. The average Bonchev–Trinajstić information content (AvgIpc) is 2.59. The van der Waals surface area contributed by atoms with Gasteiger partial charge in [-0.25, -0.2) is 0 Å². The summed E-state index contributed by atoms with van der Waals surface area (Å²) in [6.07, 6.45) is 5.67. The van der Waals surface area contributed by atoms with Crippen LogP contribution in [0.25, 0.3) is 0 Å². The first-order chi connectivity index (χ1) is 12.6. The van der Waals surface area contributed by atoms with Crippen molar-refractivity contribution in [2.24, 2.45) is 0 Å². The second-order valence-corrected chi connectivity index (χ2v) is 11.1. The van der Waals surface area contributed by atoms with Crippen molar-refractivity contribution in [3.63, 3.8) is 0 Å². The normalized spacial score (nSPS) is 13.6. The molecule has 0 aliphatic rings. The lowest BCUT2D eigenvalue weighted by Gasteiger charge is -2.30. The fourth-order valence-electron chi connectivity index (χ4n) is 2.73. The van der Waals surface area contributed by atoms with Crippen LogP contribution >= 0.6 is 0 Å². The quantitative estimate of drug-likeness (QED) is 0.744. The molecule has 2 aromatic rings. The highest BCUT2D eigenvalue weighted by Gasteiger charge is 2.31. The van der Waals surface area contributed by atoms with E-state index in [0.29, 0.717) is 11.6 Å². The van der Waals surface area contributed by atoms with Crippen LogP contribution in [0.5, 0.6) is 0 Å². The second kappa shape index (κ2) is 7.45. The van der Waals surface area contributed by atoms with Crippen molar-refractivity contribution in [3.8, 4) is 0 Å². The molecule has 2 heterocycles. The third-order valence-corrected chi connectivity index (χ3v) is 5.24. The molecule has 0 fully saturated rings. The SMILES string of the molecule is CC(C)(C)c1cnc(C(C)(C)CCC(C)(C)c2nnc(C(C)(C)C)nn2)cn1. The van der Waals surface area contributed by atoms with E-state index in [1.165, 1.54) is 0 Å². The Morgan fingerprint density at radius 1 is 0.536 bits per heavy atom. The molecule has 0 atom stereocenters. The van der Waals surface area contributed by atoms with Crippen LogP contribution < -0.4 is 0 Å². The molecule has 0 amide bonds. The minimum absolute atomic E-state index is 0.00816. The molecule has 2 rings (SSSR count). The van der Waals surface area contributed by atoms with Crippen molar-refractivity contribution in [2.75, 3.05) is 0 Å². The van der Waals surface area contributed by atoms with E-state index in [0.717, 1.165) is 24.2 Å². The van der Waals surface area contributed by atoms with Gasteiger partial charge in [-0.15, -0.1) is 20.4 Å². The Morgan fingerprint density at radius 2 is 0.964 bits per heavy atom. The van der Waals surface area contributed by atoms with Crippen LogP contribution in [-0.2, 0) is 21.7 Å². The zero-order valence-electron chi connectivity index (χ0n) is 19.3. The van der Waals surface area contributed by atoms with E-state index in [2.05, 4.69) is 94.6 Å². The van der Waals surface area contributed by atoms with Gasteiger partial charge in [0.1, 0.15) is 0 Å². The zero-order chi connectivity index (χ0) is 21.4. The Labute approximate surface area is 170 Å². The molecule has 6 nitrogen and oxygen atoms in total. The minimum atomic E-state index is -0.216. The molecule has 0 saturated heterocycles. The summed E-state index contributed by atoms with van der Waals surface area (Å²) in [6, 6.07) is 0. The molecule has 2 aromatic heterocycles. The maximum absolute atomic E-state index is 4.71. The Balaban J connectivity index is 2.12. The summed E-state index contributed by atoms with van der Waals surface area (Å²) in [5.74, 6) is 1.35. The van der Waals surface area contributed by atoms with E-state index < -0.39 is 0 Å². The molecule has 0 unspecified atom stereocenters. The summed E-state index contributed by atoms with van der Waals surface area (Å²) in [7, 11) is 0. The summed E-state index contributed by atoms with van der Waals surface area (Å²) < 4.78 is 0. The number of nitrogens with zero attached hydrogens (tertiary/aromatic N) is 6. The monoisotopic (exact) mass is 384 g/mol. The van der Waals surface area contributed by atoms with Crippen LogP contribution in [-0.4, -0.2) is 30.4 Å². The fourth-order valence-corrected chi connectivity index (χ4v) is 2.73. The highest BCUT2D eigenvalue weighted by Crippen LogP contribution is 2.34. The smallest absolute Gasteiger partial charge is 0.179 e. The number of aromatic nitrogens is 6. The van der Waals surface area contributed by atoms with Crippen molar-refractivity contribution >= 4 is 0 Å². The van der Waals surface area contributed by atoms with Crippen LogP contribution in [0.4, 0.5) is 0 Å². The summed E-state index contributed by atoms with van der Waals surface area (Å²) in [5, 5.41) is 17.4. The standard InChI is InChI=1S/C22H36N6/c1-19(2,3)15-13-24-16(14-23-15)21(7,8)11-12-22(9,10)18-27-25-17(26-28-18)20(4,5)6/h13-14H,11-12H2,1-10H3. The third kappa shape index (κ3) is 5.30. The van der Waals surface area contributed by atoms with E-state index in [1.807, 2.05) is 12.4 Å². The van der Waals surface area contributed by atoms with Crippen LogP contribution in [0, 0.1) is 0 Å². The Bertz CT molecular complexity index is 708. The Kier molecular flexibility index (Phi) is 5.94. The Hall–Kier alpha value is -1.98. The average molecular weight is 385 g/mol. The van der Waals surface area contributed by atoms with Gasteiger partial charge in [-0.1, -0.05) is 69.2 Å². The van der Waals surface area contributed by atoms with Crippen LogP contribution in [0.3, 0.4) is 0 Å². The van der Waals surface area contributed by atoms with Gasteiger partial charge in [-0.05, 0) is 12.8 Å². The number of hydrogen-bond acceptors (Lipinski definition) is 6. The lowest BCUT2D eigenvalue weighted by molar-refractivity contribution is 0.347. The highest BCUT2D eigenvalue weighted by molar-refractivity contribution is 5.16. The van der Waals surface area contributed by atoms with Gasteiger partial charge in [0, 0.05) is 34.1 Å². The van der Waals surface area contributed by atoms with E-state index in [1.54, 1.807) is 0 Å². The van der Waals surface area contributed by atoms with E-state index in [4.69, 9.17) is 4.98 Å². The van der Waals surface area contributed by atoms with Gasteiger partial charge in [-0.2, -0.15) is 0 Å². The maximum atomic E-state index is 4.71. The molecule has 0 aliphatic heterocycles. The second-order valence-electron chi connectivity index (χ2n) is 11.1. The molecule has 0 aliphatic carbocycles. The lowest BCUT2D eigenvalue weighted by Crippen LogP contribution is -2.29. The molecule has 0 radical (unpaired) electrons. The molecule has 154 valence electrons. The molecule has 6 heteroatoms. The van der Waals surface area contributed by atoms with Crippen LogP contribution in [0.2, 0.25) is 0 Å². The van der Waals surface area contributed by atoms with Crippen molar-refractivity contribution in [1.29, 1.82) is 0 Å². The molecule has 28 heavy (non-hydrogen) atoms. The van der Waals surface area contributed by atoms with Gasteiger partial charge in [0.05, 0.1) is 11.4 Å². The van der Waals surface area contributed by atoms with Crippen molar-refractivity contribution in [2.45, 2.75) is 104 Å². The van der Waals surface area contributed by atoms with Gasteiger partial charge < -0.3 is 0 Å². The lowest BCUT2D eigenvalue weighted by atomic mass is 9.77. The molecule has 0 N–H and O–H groups in total. The molecule has 0 spiro atoms. The van der Waals surface area contributed by atoms with Crippen molar-refractivity contribution in [3.05, 3.63) is 35.4 Å². The molecule has 0 bridgehead atoms. The number of rotatable bonds is 5. The fraction of sp³-hybridized carbons (Fsp3) is 0.727. The topological polar surface area (TPSA) is 77.3 Å². The van der Waals surface area contributed by atoms with Crippen molar-refractivity contribution in [1.82, 2.24) is 30.4 Å². The van der Waals surface area contributed by atoms with E-state index >= 15 is 0 Å². The van der Waals surface area contributed by atoms with Gasteiger partial charge >= 0.3 is 0 Å². The van der Waals surface area contributed by atoms with Gasteiger partial charge in [0.2, 0.25) is 0 Å². The first kappa shape index (κ1) is 22.3. The predicted molar refractivity (Wildman–Crippen MR) is 112 cm³/mol. The molecule has 0 saturated carbocycles. The van der Waals surface area contributed by atoms with E-state index in [9.17, 15) is 0 Å². The minimum Gasteiger partial charge on any atom is -0.257 e. The zero-order valence-corrected chi connectivity index (χ0v) is 19.3. The highest BCUT2D eigenvalue weighted by atomic mass is 15.3. The largest absolute Gasteiger partial charge is 0.257 e. The molecule has 0 aromatic carbocycles. The van der Waals surface area contributed by atoms with Gasteiger partial charge in [0.15, 0.2) is 11.6 Å². The predicted octanol–water partition coefficient (Wildman–Crippen LogP) is 4.69. The van der Waals surface area contributed by atoms with E-state index in [-0.39, 0.29) is 21.7 Å². The number of hydrogen-bond donors (Lipinski definition) is 0. The van der Waals surface area contributed by atoms with Gasteiger partial charge in [-0.3, -0.25) is 9.97 Å². The van der Waals surface area contributed by atoms with Crippen LogP contribution in [0.1, 0.15) is 105 Å². The summed E-state index contributed by atoms with van der Waals surface area (Å²) in [4.78, 5) is 9.35. The summed E-state index contributed by atoms with van der Waals surface area (Å²) in [5.41, 5.74) is 1.57. The summed E-state index contributed by atoms with van der Waals surface area (Å²) >= 11 is 0. The summed E-state index contributed by atoms with van der Waals surface area (Å²) in [6.45, 7) is 21.3. The van der Waals surface area contributed by atoms with Crippen LogP contribution in [0.15, 0.2) is 12.4 Å².